The van der Waals surface area contributed by atoms with E-state index in [0.717, 1.165) is 5.56 Å². The number of aromatic nitrogens is 1. The molecule has 1 heterocycles. The molecule has 128 valence electrons. The number of carbonyl (C=O) groups is 1. The quantitative estimate of drug-likeness (QED) is 0.764. The Bertz CT molecular complexity index is 982. The van der Waals surface area contributed by atoms with Crippen LogP contribution in [0.3, 0.4) is 0 Å². The van der Waals surface area contributed by atoms with Crippen LogP contribution in [0.25, 0.3) is 10.8 Å². The van der Waals surface area contributed by atoms with Crippen LogP contribution in [0.1, 0.15) is 5.56 Å². The summed E-state index contributed by atoms with van der Waals surface area (Å²) in [7, 11) is 1.69. The first kappa shape index (κ1) is 17.0. The zero-order valence-electron chi connectivity index (χ0n) is 13.7. The standard InChI is InChI=1S/C19H17ClN2O3/c1-22-10-9-14-15(19(22)24)6-4-8-17(14)25-12-18(23)21-11-13-5-2-3-7-16(13)20/h2-10H,11-12H2,1H3,(H,21,23). The van der Waals surface area contributed by atoms with Crippen LogP contribution in [0.4, 0.5) is 0 Å². The van der Waals surface area contributed by atoms with Gasteiger partial charge in [-0.15, -0.1) is 0 Å². The number of fused-ring (bicyclic) bond motifs is 1. The molecule has 3 aromatic rings. The predicted molar refractivity (Wildman–Crippen MR) is 98.0 cm³/mol. The fraction of sp³-hybridized carbons (Fsp3) is 0.158. The van der Waals surface area contributed by atoms with Gasteiger partial charge in [0.2, 0.25) is 0 Å². The van der Waals surface area contributed by atoms with E-state index in [2.05, 4.69) is 5.32 Å². The first-order chi connectivity index (χ1) is 12.1. The van der Waals surface area contributed by atoms with Crippen molar-refractivity contribution in [2.75, 3.05) is 6.61 Å². The van der Waals surface area contributed by atoms with Crippen molar-refractivity contribution in [1.82, 2.24) is 9.88 Å². The fourth-order valence-corrected chi connectivity index (χ4v) is 2.70. The molecule has 2 aromatic carbocycles. The summed E-state index contributed by atoms with van der Waals surface area (Å²) < 4.78 is 7.10. The molecule has 0 aliphatic rings. The average Bonchev–Trinajstić information content (AvgIpc) is 2.62. The van der Waals surface area contributed by atoms with Crippen molar-refractivity contribution in [2.45, 2.75) is 6.54 Å². The van der Waals surface area contributed by atoms with Crippen LogP contribution in [-0.4, -0.2) is 17.1 Å². The van der Waals surface area contributed by atoms with Gasteiger partial charge in [-0.2, -0.15) is 0 Å². The third-order valence-electron chi connectivity index (χ3n) is 3.87. The average molecular weight is 357 g/mol. The molecule has 25 heavy (non-hydrogen) atoms. The van der Waals surface area contributed by atoms with Crippen molar-refractivity contribution in [2.24, 2.45) is 7.05 Å². The van der Waals surface area contributed by atoms with Gasteiger partial charge < -0.3 is 14.6 Å². The third kappa shape index (κ3) is 3.83. The number of ether oxygens (including phenoxy) is 1. The Labute approximate surface area is 149 Å². The lowest BCUT2D eigenvalue weighted by atomic mass is 10.1. The summed E-state index contributed by atoms with van der Waals surface area (Å²) in [5, 5.41) is 4.61. The Hall–Kier alpha value is -2.79. The van der Waals surface area contributed by atoms with Gasteiger partial charge in [-0.25, -0.2) is 0 Å². The molecule has 1 aromatic heterocycles. The molecule has 0 saturated heterocycles. The molecule has 0 atom stereocenters. The predicted octanol–water partition coefficient (Wildman–Crippen LogP) is 2.89. The first-order valence-corrected chi connectivity index (χ1v) is 8.15. The number of halogens is 1. The second kappa shape index (κ2) is 7.40. The molecule has 3 rings (SSSR count). The minimum Gasteiger partial charge on any atom is -0.483 e. The van der Waals surface area contributed by atoms with Crippen LogP contribution in [-0.2, 0) is 18.4 Å². The smallest absolute Gasteiger partial charge is 0.258 e. The lowest BCUT2D eigenvalue weighted by Crippen LogP contribution is -2.28. The highest BCUT2D eigenvalue weighted by molar-refractivity contribution is 6.31. The van der Waals surface area contributed by atoms with E-state index in [1.54, 1.807) is 43.6 Å². The van der Waals surface area contributed by atoms with Gasteiger partial charge in [-0.05, 0) is 29.8 Å². The SMILES string of the molecule is Cn1ccc2c(OCC(=O)NCc3ccccc3Cl)cccc2c1=O. The Kier molecular flexibility index (Phi) is 5.05. The van der Waals surface area contributed by atoms with E-state index < -0.39 is 0 Å². The van der Waals surface area contributed by atoms with Crippen molar-refractivity contribution < 1.29 is 9.53 Å². The number of hydrogen-bond acceptors (Lipinski definition) is 3. The molecular weight excluding hydrogens is 340 g/mol. The van der Waals surface area contributed by atoms with Gasteiger partial charge in [-0.1, -0.05) is 35.9 Å². The van der Waals surface area contributed by atoms with Gasteiger partial charge in [0.25, 0.3) is 11.5 Å². The van der Waals surface area contributed by atoms with E-state index in [9.17, 15) is 9.59 Å². The molecule has 1 amide bonds. The van der Waals surface area contributed by atoms with E-state index in [-0.39, 0.29) is 18.1 Å². The highest BCUT2D eigenvalue weighted by Crippen LogP contribution is 2.22. The monoisotopic (exact) mass is 356 g/mol. The molecule has 0 radical (unpaired) electrons. The van der Waals surface area contributed by atoms with Crippen LogP contribution < -0.4 is 15.6 Å². The zero-order chi connectivity index (χ0) is 17.8. The van der Waals surface area contributed by atoms with Gasteiger partial charge in [-0.3, -0.25) is 9.59 Å². The second-order valence-corrected chi connectivity index (χ2v) is 6.01. The summed E-state index contributed by atoms with van der Waals surface area (Å²) in [6.07, 6.45) is 1.68. The number of aryl methyl sites for hydroxylation is 1. The molecule has 0 aliphatic heterocycles. The van der Waals surface area contributed by atoms with E-state index in [4.69, 9.17) is 16.3 Å². The van der Waals surface area contributed by atoms with Gasteiger partial charge in [0.05, 0.1) is 5.39 Å². The number of nitrogens with zero attached hydrogens (tertiary/aromatic N) is 1. The van der Waals surface area contributed by atoms with E-state index in [1.807, 2.05) is 18.2 Å². The van der Waals surface area contributed by atoms with Crippen LogP contribution >= 0.6 is 11.6 Å². The number of carbonyl (C=O) groups excluding carboxylic acids is 1. The number of pyridine rings is 1. The van der Waals surface area contributed by atoms with E-state index >= 15 is 0 Å². The van der Waals surface area contributed by atoms with Crippen LogP contribution in [0.15, 0.2) is 59.5 Å². The first-order valence-electron chi connectivity index (χ1n) is 7.77. The Morgan fingerprint density at radius 3 is 2.72 bits per heavy atom. The molecule has 0 spiro atoms. The number of hydrogen-bond donors (Lipinski definition) is 1. The molecule has 5 nitrogen and oxygen atoms in total. The topological polar surface area (TPSA) is 60.3 Å². The Morgan fingerprint density at radius 1 is 1.12 bits per heavy atom. The van der Waals surface area contributed by atoms with Crippen molar-refractivity contribution in [3.8, 4) is 5.75 Å². The molecule has 0 unspecified atom stereocenters. The maximum absolute atomic E-state index is 12.1. The second-order valence-electron chi connectivity index (χ2n) is 5.61. The van der Waals surface area contributed by atoms with Crippen molar-refractivity contribution in [1.29, 1.82) is 0 Å². The molecule has 6 heteroatoms. The van der Waals surface area contributed by atoms with Crippen LogP contribution in [0.2, 0.25) is 5.02 Å². The summed E-state index contributed by atoms with van der Waals surface area (Å²) >= 11 is 6.06. The minimum atomic E-state index is -0.263. The zero-order valence-corrected chi connectivity index (χ0v) is 14.4. The van der Waals surface area contributed by atoms with Crippen molar-refractivity contribution in [3.63, 3.8) is 0 Å². The Balaban J connectivity index is 1.67. The largest absolute Gasteiger partial charge is 0.483 e. The normalized spacial score (nSPS) is 10.6. The molecular formula is C19H17ClN2O3. The summed E-state index contributed by atoms with van der Waals surface area (Å²) in [4.78, 5) is 24.1. The summed E-state index contributed by atoms with van der Waals surface area (Å²) in [6.45, 7) is 0.191. The molecule has 1 N–H and O–H groups in total. The van der Waals surface area contributed by atoms with E-state index in [1.165, 1.54) is 4.57 Å². The van der Waals surface area contributed by atoms with Gasteiger partial charge in [0.1, 0.15) is 5.75 Å². The van der Waals surface area contributed by atoms with Crippen LogP contribution in [0.5, 0.6) is 5.75 Å². The summed E-state index contributed by atoms with van der Waals surface area (Å²) in [5.41, 5.74) is 0.734. The molecule has 0 fully saturated rings. The lowest BCUT2D eigenvalue weighted by molar-refractivity contribution is -0.123. The number of amides is 1. The molecule has 0 aliphatic carbocycles. The number of rotatable bonds is 5. The summed E-state index contributed by atoms with van der Waals surface area (Å²) in [5.74, 6) is 0.240. The minimum absolute atomic E-state index is 0.105. The highest BCUT2D eigenvalue weighted by Gasteiger charge is 2.09. The maximum Gasteiger partial charge on any atom is 0.258 e. The molecule has 0 saturated carbocycles. The van der Waals surface area contributed by atoms with Gasteiger partial charge in [0, 0.05) is 30.2 Å². The highest BCUT2D eigenvalue weighted by atomic mass is 35.5. The van der Waals surface area contributed by atoms with Gasteiger partial charge in [0.15, 0.2) is 6.61 Å². The summed E-state index contributed by atoms with van der Waals surface area (Å²) in [6, 6.07) is 14.3. The van der Waals surface area contributed by atoms with Crippen molar-refractivity contribution >= 4 is 28.3 Å². The van der Waals surface area contributed by atoms with Crippen LogP contribution in [0, 0.1) is 0 Å². The molecule has 0 bridgehead atoms. The number of nitrogens with one attached hydrogen (secondary N) is 1. The maximum atomic E-state index is 12.1. The fourth-order valence-electron chi connectivity index (χ4n) is 2.50. The number of benzene rings is 2. The third-order valence-corrected chi connectivity index (χ3v) is 4.24. The van der Waals surface area contributed by atoms with Gasteiger partial charge >= 0.3 is 0 Å². The Morgan fingerprint density at radius 2 is 1.92 bits per heavy atom. The lowest BCUT2D eigenvalue weighted by Gasteiger charge is -2.11. The van der Waals surface area contributed by atoms with Crippen molar-refractivity contribution in [3.05, 3.63) is 75.7 Å². The van der Waals surface area contributed by atoms with E-state index in [0.29, 0.717) is 28.1 Å².